The predicted molar refractivity (Wildman–Crippen MR) is 123 cm³/mol. The first-order chi connectivity index (χ1) is 15.6. The van der Waals surface area contributed by atoms with Gasteiger partial charge in [0.05, 0.1) is 23.5 Å². The fourth-order valence-electron chi connectivity index (χ4n) is 3.77. The average Bonchev–Trinajstić information content (AvgIpc) is 3.27. The minimum Gasteiger partial charge on any atom is -0.482 e. The molecule has 0 bridgehead atoms. The van der Waals surface area contributed by atoms with E-state index in [1.807, 2.05) is 0 Å². The fraction of sp³-hybridized carbons (Fsp3) is 0.381. The number of nitrogens with zero attached hydrogens (tertiary/aromatic N) is 5. The van der Waals surface area contributed by atoms with E-state index in [9.17, 15) is 12.8 Å². The van der Waals surface area contributed by atoms with Gasteiger partial charge in [-0.15, -0.1) is 0 Å². The van der Waals surface area contributed by atoms with Crippen molar-refractivity contribution in [2.75, 3.05) is 25.1 Å². The average molecular weight is 495 g/mol. The van der Waals surface area contributed by atoms with E-state index in [1.165, 1.54) is 16.6 Å². The summed E-state index contributed by atoms with van der Waals surface area (Å²) in [5.74, 6) is -0.0292. The van der Waals surface area contributed by atoms with Crippen LogP contribution < -0.4 is 10.5 Å². The number of rotatable bonds is 6. The van der Waals surface area contributed by atoms with Crippen LogP contribution in [0.5, 0.6) is 5.75 Å². The van der Waals surface area contributed by atoms with E-state index in [2.05, 4.69) is 15.2 Å². The van der Waals surface area contributed by atoms with Crippen LogP contribution in [0.1, 0.15) is 37.5 Å². The Hall–Kier alpha value is -2.76. The summed E-state index contributed by atoms with van der Waals surface area (Å²) >= 11 is 6.07. The Bertz CT molecular complexity index is 1260. The molecular formula is C21H24ClFN6O3S. The summed E-state index contributed by atoms with van der Waals surface area (Å²) in [6.45, 7) is 2.61. The molecule has 1 atom stereocenters. The van der Waals surface area contributed by atoms with Gasteiger partial charge in [0, 0.05) is 30.4 Å². The van der Waals surface area contributed by atoms with Crippen LogP contribution in [0, 0.1) is 5.82 Å². The first kappa shape index (κ1) is 23.4. The van der Waals surface area contributed by atoms with Crippen LogP contribution in [-0.2, 0) is 10.0 Å². The largest absolute Gasteiger partial charge is 0.482 e. The minimum atomic E-state index is -3.19. The molecule has 1 aliphatic rings. The maximum atomic E-state index is 13.8. The van der Waals surface area contributed by atoms with Gasteiger partial charge < -0.3 is 10.5 Å². The molecule has 0 saturated carbocycles. The molecule has 0 unspecified atom stereocenters. The third-order valence-corrected chi connectivity index (χ3v) is 7.33. The Morgan fingerprint density at radius 1 is 1.27 bits per heavy atom. The first-order valence-electron chi connectivity index (χ1n) is 10.4. The van der Waals surface area contributed by atoms with E-state index in [4.69, 9.17) is 22.1 Å². The number of halogens is 2. The standard InChI is InChI=1S/C21H24ClFN6O3S/c1-13(16-4-3-5-17(23)20(16)22)32-19-10-14(11-25-21(19)24)18-12-26-29(27-18)15-6-8-28(9-7-15)33(2,30)31/h3-5,10-13,15H,6-9H2,1-2H3,(H2,24,25)/t13-/m1/s1. The van der Waals surface area contributed by atoms with E-state index < -0.39 is 21.9 Å². The number of sulfonamides is 1. The van der Waals surface area contributed by atoms with Crippen LogP contribution in [0.2, 0.25) is 5.02 Å². The lowest BCUT2D eigenvalue weighted by Gasteiger charge is -2.29. The zero-order valence-corrected chi connectivity index (χ0v) is 19.7. The van der Waals surface area contributed by atoms with Gasteiger partial charge in [-0.25, -0.2) is 22.1 Å². The lowest BCUT2D eigenvalue weighted by Crippen LogP contribution is -2.38. The quantitative estimate of drug-likeness (QED) is 0.557. The molecule has 0 amide bonds. The van der Waals surface area contributed by atoms with Gasteiger partial charge in [0.25, 0.3) is 0 Å². The molecule has 0 spiro atoms. The van der Waals surface area contributed by atoms with Crippen molar-refractivity contribution >= 4 is 27.4 Å². The van der Waals surface area contributed by atoms with Crippen LogP contribution >= 0.6 is 11.6 Å². The van der Waals surface area contributed by atoms with E-state index >= 15 is 0 Å². The van der Waals surface area contributed by atoms with E-state index in [0.29, 0.717) is 48.5 Å². The van der Waals surface area contributed by atoms with E-state index in [-0.39, 0.29) is 16.9 Å². The molecule has 1 saturated heterocycles. The van der Waals surface area contributed by atoms with Crippen molar-refractivity contribution in [1.29, 1.82) is 0 Å². The molecule has 176 valence electrons. The van der Waals surface area contributed by atoms with Crippen LogP contribution in [0.25, 0.3) is 11.3 Å². The number of nitrogens with two attached hydrogens (primary N) is 1. The lowest BCUT2D eigenvalue weighted by atomic mass is 10.1. The number of piperidine rings is 1. The molecule has 0 radical (unpaired) electrons. The number of pyridine rings is 1. The first-order valence-corrected chi connectivity index (χ1v) is 12.6. The Morgan fingerprint density at radius 3 is 2.70 bits per heavy atom. The maximum Gasteiger partial charge on any atom is 0.211 e. The van der Waals surface area contributed by atoms with Gasteiger partial charge in [0.1, 0.15) is 17.6 Å². The Morgan fingerprint density at radius 2 is 2.00 bits per heavy atom. The fourth-order valence-corrected chi connectivity index (χ4v) is 4.92. The lowest BCUT2D eigenvalue weighted by molar-refractivity contribution is 0.227. The second kappa shape index (κ2) is 9.24. The predicted octanol–water partition coefficient (Wildman–Crippen LogP) is 3.45. The van der Waals surface area contributed by atoms with Gasteiger partial charge in [0.15, 0.2) is 11.6 Å². The summed E-state index contributed by atoms with van der Waals surface area (Å²) in [4.78, 5) is 5.81. The maximum absolute atomic E-state index is 13.8. The van der Waals surface area contributed by atoms with E-state index in [1.54, 1.807) is 42.3 Å². The molecule has 1 fully saturated rings. The zero-order valence-electron chi connectivity index (χ0n) is 18.1. The zero-order chi connectivity index (χ0) is 23.8. The Balaban J connectivity index is 1.50. The third-order valence-electron chi connectivity index (χ3n) is 5.63. The van der Waals surface area contributed by atoms with Crippen LogP contribution in [0.15, 0.2) is 36.7 Å². The number of nitrogen functional groups attached to an aromatic ring is 1. The van der Waals surface area contributed by atoms with Gasteiger partial charge >= 0.3 is 0 Å². The summed E-state index contributed by atoms with van der Waals surface area (Å²) in [6.07, 6.45) is 5.09. The highest BCUT2D eigenvalue weighted by molar-refractivity contribution is 7.88. The van der Waals surface area contributed by atoms with Gasteiger partial charge in [0.2, 0.25) is 10.0 Å². The van der Waals surface area contributed by atoms with Crippen molar-refractivity contribution in [3.05, 3.63) is 53.1 Å². The van der Waals surface area contributed by atoms with Crippen LogP contribution in [-0.4, -0.2) is 52.0 Å². The van der Waals surface area contributed by atoms with Gasteiger partial charge in [-0.1, -0.05) is 23.7 Å². The molecule has 4 rings (SSSR count). The summed E-state index contributed by atoms with van der Waals surface area (Å²) in [6, 6.07) is 6.23. The molecule has 2 N–H and O–H groups in total. The molecule has 12 heteroatoms. The smallest absolute Gasteiger partial charge is 0.211 e. The molecule has 3 aromatic rings. The summed E-state index contributed by atoms with van der Waals surface area (Å²) in [7, 11) is -3.19. The molecule has 9 nitrogen and oxygen atoms in total. The number of hydrogen-bond donors (Lipinski definition) is 1. The van der Waals surface area contributed by atoms with E-state index in [0.717, 1.165) is 0 Å². The van der Waals surface area contributed by atoms with Crippen molar-refractivity contribution in [1.82, 2.24) is 24.3 Å². The van der Waals surface area contributed by atoms with Gasteiger partial charge in [-0.3, -0.25) is 0 Å². The second-order valence-electron chi connectivity index (χ2n) is 7.95. The summed E-state index contributed by atoms with van der Waals surface area (Å²) in [5, 5.41) is 8.92. The number of benzene rings is 1. The molecule has 1 aliphatic heterocycles. The highest BCUT2D eigenvalue weighted by atomic mass is 35.5. The number of hydrogen-bond acceptors (Lipinski definition) is 7. The molecule has 2 aromatic heterocycles. The number of aromatic nitrogens is 4. The van der Waals surface area contributed by atoms with Crippen LogP contribution in [0.3, 0.4) is 0 Å². The molecule has 0 aliphatic carbocycles. The van der Waals surface area contributed by atoms with Crippen molar-refractivity contribution in [2.45, 2.75) is 31.9 Å². The Labute approximate surface area is 196 Å². The van der Waals surface area contributed by atoms with Crippen molar-refractivity contribution < 1.29 is 17.5 Å². The molecular weight excluding hydrogens is 471 g/mol. The number of ether oxygens (including phenoxy) is 1. The van der Waals surface area contributed by atoms with Crippen LogP contribution in [0.4, 0.5) is 10.2 Å². The third kappa shape index (κ3) is 5.10. The van der Waals surface area contributed by atoms with Gasteiger partial charge in [-0.05, 0) is 31.9 Å². The molecule has 33 heavy (non-hydrogen) atoms. The van der Waals surface area contributed by atoms with Crippen molar-refractivity contribution in [2.24, 2.45) is 0 Å². The summed E-state index contributed by atoms with van der Waals surface area (Å²) in [5.41, 5.74) is 7.71. The van der Waals surface area contributed by atoms with Gasteiger partial charge in [-0.2, -0.15) is 15.0 Å². The molecule has 3 heterocycles. The minimum absolute atomic E-state index is 0.00227. The highest BCUT2D eigenvalue weighted by Crippen LogP contribution is 2.33. The highest BCUT2D eigenvalue weighted by Gasteiger charge is 2.27. The topological polar surface area (TPSA) is 116 Å². The Kier molecular flexibility index (Phi) is 6.55. The normalized spacial score (nSPS) is 16.6. The number of anilines is 1. The summed E-state index contributed by atoms with van der Waals surface area (Å²) < 4.78 is 44.6. The van der Waals surface area contributed by atoms with Crippen molar-refractivity contribution in [3.8, 4) is 17.0 Å². The van der Waals surface area contributed by atoms with Crippen molar-refractivity contribution in [3.63, 3.8) is 0 Å². The SMILES string of the molecule is C[C@@H](Oc1cc(-c2cnn(C3CCN(S(C)(=O)=O)CC3)n2)cnc1N)c1cccc(F)c1Cl. The molecule has 1 aromatic carbocycles. The second-order valence-corrected chi connectivity index (χ2v) is 10.3. The monoisotopic (exact) mass is 494 g/mol.